The molecule has 0 atom stereocenters. The molecule has 21 heavy (non-hydrogen) atoms. The first-order chi connectivity index (χ1) is 10.2. The second kappa shape index (κ2) is 6.67. The van der Waals surface area contributed by atoms with Gasteiger partial charge in [-0.25, -0.2) is 0 Å². The molecule has 0 amide bonds. The van der Waals surface area contributed by atoms with Gasteiger partial charge in [0.1, 0.15) is 11.8 Å². The van der Waals surface area contributed by atoms with Gasteiger partial charge in [-0.2, -0.15) is 5.26 Å². The van der Waals surface area contributed by atoms with Crippen molar-refractivity contribution < 1.29 is 4.74 Å². The molecule has 2 rings (SSSR count). The van der Waals surface area contributed by atoms with Crippen LogP contribution >= 0.6 is 0 Å². The van der Waals surface area contributed by atoms with Crippen molar-refractivity contribution in [3.05, 3.63) is 48.0 Å². The Morgan fingerprint density at radius 3 is 2.57 bits per heavy atom. The molecule has 4 heteroatoms. The minimum absolute atomic E-state index is 0.584. The Kier molecular flexibility index (Phi) is 4.68. The van der Waals surface area contributed by atoms with Crippen molar-refractivity contribution in [3.8, 4) is 11.8 Å². The van der Waals surface area contributed by atoms with Crippen molar-refractivity contribution in [2.24, 2.45) is 0 Å². The van der Waals surface area contributed by atoms with Gasteiger partial charge in [0, 0.05) is 7.05 Å². The Balaban J connectivity index is 2.40. The highest BCUT2D eigenvalue weighted by Gasteiger charge is 2.13. The molecule has 0 bridgehead atoms. The zero-order chi connectivity index (χ0) is 15.2. The average molecular weight is 281 g/mol. The number of para-hydroxylation sites is 2. The molecule has 0 aliphatic carbocycles. The van der Waals surface area contributed by atoms with Crippen LogP contribution < -0.4 is 15.4 Å². The third-order valence-electron chi connectivity index (χ3n) is 3.25. The number of rotatable bonds is 5. The van der Waals surface area contributed by atoms with Gasteiger partial charge in [-0.3, -0.25) is 0 Å². The van der Waals surface area contributed by atoms with Crippen LogP contribution in [0.4, 0.5) is 17.1 Å². The topological polar surface area (TPSA) is 62.3 Å². The highest BCUT2D eigenvalue weighted by Crippen LogP contribution is 2.36. The summed E-state index contributed by atoms with van der Waals surface area (Å²) < 4.78 is 5.65. The molecule has 2 N–H and O–H groups in total. The van der Waals surface area contributed by atoms with Crippen LogP contribution in [0.1, 0.15) is 18.9 Å². The van der Waals surface area contributed by atoms with Crippen LogP contribution in [-0.2, 0) is 0 Å². The summed E-state index contributed by atoms with van der Waals surface area (Å²) in [5, 5.41) is 9.22. The van der Waals surface area contributed by atoms with Crippen molar-refractivity contribution in [2.45, 2.75) is 13.3 Å². The van der Waals surface area contributed by atoms with Crippen LogP contribution in [-0.4, -0.2) is 13.7 Å². The molecular weight excluding hydrogens is 262 g/mol. The summed E-state index contributed by atoms with van der Waals surface area (Å²) in [5.74, 6) is 0.677. The van der Waals surface area contributed by atoms with E-state index in [-0.39, 0.29) is 0 Å². The minimum Gasteiger partial charge on any atom is -0.491 e. The molecule has 0 saturated heterocycles. The number of nitrogens with two attached hydrogens (primary N) is 1. The van der Waals surface area contributed by atoms with Gasteiger partial charge in [-0.05, 0) is 30.7 Å². The Morgan fingerprint density at radius 1 is 1.14 bits per heavy atom. The molecule has 0 aromatic heterocycles. The van der Waals surface area contributed by atoms with E-state index in [1.807, 2.05) is 48.3 Å². The van der Waals surface area contributed by atoms with E-state index < -0.39 is 0 Å². The molecule has 0 saturated carbocycles. The maximum absolute atomic E-state index is 9.22. The van der Waals surface area contributed by atoms with Crippen molar-refractivity contribution in [1.29, 1.82) is 5.26 Å². The standard InChI is InChI=1S/C17H19N3O/c1-3-11-21-16-10-6-9-15(17(16)19)20(2)14-8-5-4-7-13(14)12-18/h4-10H,3,11,19H2,1-2H3. The zero-order valence-corrected chi connectivity index (χ0v) is 12.3. The summed E-state index contributed by atoms with van der Waals surface area (Å²) in [5.41, 5.74) is 9.04. The first-order valence-corrected chi connectivity index (χ1v) is 6.93. The van der Waals surface area contributed by atoms with Crippen molar-refractivity contribution in [1.82, 2.24) is 0 Å². The average Bonchev–Trinajstić information content (AvgIpc) is 2.53. The monoisotopic (exact) mass is 281 g/mol. The predicted octanol–water partition coefficient (Wildman–Crippen LogP) is 3.70. The van der Waals surface area contributed by atoms with Gasteiger partial charge in [0.15, 0.2) is 0 Å². The molecule has 0 aliphatic rings. The van der Waals surface area contributed by atoms with Gasteiger partial charge in [0.25, 0.3) is 0 Å². The fraction of sp³-hybridized carbons (Fsp3) is 0.235. The lowest BCUT2D eigenvalue weighted by atomic mass is 10.1. The van der Waals surface area contributed by atoms with Gasteiger partial charge < -0.3 is 15.4 Å². The Hall–Kier alpha value is -2.67. The summed E-state index contributed by atoms with van der Waals surface area (Å²) in [6, 6.07) is 15.3. The second-order valence-corrected chi connectivity index (χ2v) is 4.73. The number of anilines is 3. The number of nitrogen functional groups attached to an aromatic ring is 1. The van der Waals surface area contributed by atoms with Crippen LogP contribution in [0, 0.1) is 11.3 Å². The molecule has 2 aromatic carbocycles. The molecule has 0 heterocycles. The van der Waals surface area contributed by atoms with Crippen LogP contribution in [0.3, 0.4) is 0 Å². The predicted molar refractivity (Wildman–Crippen MR) is 85.9 cm³/mol. The third-order valence-corrected chi connectivity index (χ3v) is 3.25. The molecule has 0 fully saturated rings. The molecule has 108 valence electrons. The maximum Gasteiger partial charge on any atom is 0.144 e. The van der Waals surface area contributed by atoms with E-state index >= 15 is 0 Å². The Labute approximate surface area is 125 Å². The van der Waals surface area contributed by atoms with E-state index in [9.17, 15) is 5.26 Å². The van der Waals surface area contributed by atoms with Crippen LogP contribution in [0.2, 0.25) is 0 Å². The summed E-state index contributed by atoms with van der Waals surface area (Å²) in [6.45, 7) is 2.68. The van der Waals surface area contributed by atoms with E-state index in [2.05, 4.69) is 13.0 Å². The lowest BCUT2D eigenvalue weighted by Crippen LogP contribution is -2.13. The summed E-state index contributed by atoms with van der Waals surface area (Å²) in [4.78, 5) is 1.91. The van der Waals surface area contributed by atoms with Crippen molar-refractivity contribution in [2.75, 3.05) is 24.3 Å². The summed E-state index contributed by atoms with van der Waals surface area (Å²) in [7, 11) is 1.89. The molecular formula is C17H19N3O. The zero-order valence-electron chi connectivity index (χ0n) is 12.3. The maximum atomic E-state index is 9.22. The first-order valence-electron chi connectivity index (χ1n) is 6.93. The summed E-state index contributed by atoms with van der Waals surface area (Å²) in [6.07, 6.45) is 0.927. The fourth-order valence-corrected chi connectivity index (χ4v) is 2.15. The second-order valence-electron chi connectivity index (χ2n) is 4.73. The van der Waals surface area contributed by atoms with Crippen molar-refractivity contribution in [3.63, 3.8) is 0 Å². The number of benzene rings is 2. The SMILES string of the molecule is CCCOc1cccc(N(C)c2ccccc2C#N)c1N. The van der Waals surface area contributed by atoms with E-state index in [0.717, 1.165) is 17.8 Å². The number of nitrogens with zero attached hydrogens (tertiary/aromatic N) is 2. The lowest BCUT2D eigenvalue weighted by molar-refractivity contribution is 0.319. The minimum atomic E-state index is 0.584. The normalized spacial score (nSPS) is 9.95. The molecule has 0 aliphatic heterocycles. The number of ether oxygens (including phenoxy) is 1. The summed E-state index contributed by atoms with van der Waals surface area (Å²) >= 11 is 0. The Morgan fingerprint density at radius 2 is 1.86 bits per heavy atom. The number of nitriles is 1. The van der Waals surface area contributed by atoms with Crippen LogP contribution in [0.15, 0.2) is 42.5 Å². The molecule has 2 aromatic rings. The first kappa shape index (κ1) is 14.7. The van der Waals surface area contributed by atoms with Crippen LogP contribution in [0.5, 0.6) is 5.75 Å². The van der Waals surface area contributed by atoms with E-state index in [1.165, 1.54) is 0 Å². The molecule has 0 spiro atoms. The lowest BCUT2D eigenvalue weighted by Gasteiger charge is -2.23. The molecule has 0 radical (unpaired) electrons. The smallest absolute Gasteiger partial charge is 0.144 e. The largest absolute Gasteiger partial charge is 0.491 e. The van der Waals surface area contributed by atoms with Gasteiger partial charge >= 0.3 is 0 Å². The number of hydrogen-bond donors (Lipinski definition) is 1. The highest BCUT2D eigenvalue weighted by molar-refractivity contribution is 5.80. The fourth-order valence-electron chi connectivity index (χ4n) is 2.15. The van der Waals surface area contributed by atoms with Gasteiger partial charge in [0.2, 0.25) is 0 Å². The molecule has 0 unspecified atom stereocenters. The van der Waals surface area contributed by atoms with E-state index in [0.29, 0.717) is 23.6 Å². The quantitative estimate of drug-likeness (QED) is 0.849. The molecule has 4 nitrogen and oxygen atoms in total. The third kappa shape index (κ3) is 3.09. The van der Waals surface area contributed by atoms with E-state index in [1.54, 1.807) is 6.07 Å². The highest BCUT2D eigenvalue weighted by atomic mass is 16.5. The van der Waals surface area contributed by atoms with Gasteiger partial charge in [-0.1, -0.05) is 25.1 Å². The van der Waals surface area contributed by atoms with Crippen molar-refractivity contribution >= 4 is 17.1 Å². The number of hydrogen-bond acceptors (Lipinski definition) is 4. The van der Waals surface area contributed by atoms with E-state index in [4.69, 9.17) is 10.5 Å². The van der Waals surface area contributed by atoms with Gasteiger partial charge in [0.05, 0.1) is 29.2 Å². The Bertz CT molecular complexity index is 661. The van der Waals surface area contributed by atoms with Gasteiger partial charge in [-0.15, -0.1) is 0 Å². The van der Waals surface area contributed by atoms with Crippen LogP contribution in [0.25, 0.3) is 0 Å².